The minimum atomic E-state index is 0.0235. The van der Waals surface area contributed by atoms with Crippen molar-refractivity contribution in [1.82, 2.24) is 24.5 Å². The number of likely N-dealkylation sites (tertiary alicyclic amines) is 1. The highest BCUT2D eigenvalue weighted by Gasteiger charge is 2.32. The summed E-state index contributed by atoms with van der Waals surface area (Å²) >= 11 is 1.51. The topological polar surface area (TPSA) is 52.9 Å². The summed E-state index contributed by atoms with van der Waals surface area (Å²) < 4.78 is 1.60. The summed E-state index contributed by atoms with van der Waals surface area (Å²) in [5, 5.41) is 5.29. The molecule has 2 aliphatic heterocycles. The van der Waals surface area contributed by atoms with E-state index in [1.165, 1.54) is 11.3 Å². The van der Waals surface area contributed by atoms with Crippen LogP contribution in [-0.2, 0) is 6.54 Å². The molecule has 0 saturated carbocycles. The summed E-state index contributed by atoms with van der Waals surface area (Å²) in [5.41, 5.74) is 0.914. The van der Waals surface area contributed by atoms with Gasteiger partial charge in [-0.2, -0.15) is 0 Å². The van der Waals surface area contributed by atoms with Crippen molar-refractivity contribution in [2.24, 2.45) is 0 Å². The Hall–Kier alpha value is -1.28. The van der Waals surface area contributed by atoms with E-state index in [-0.39, 0.29) is 5.56 Å². The number of piperazine rings is 1. The summed E-state index contributed by atoms with van der Waals surface area (Å²) in [6.45, 7) is 7.47. The molecule has 2 fully saturated rings. The van der Waals surface area contributed by atoms with Gasteiger partial charge >= 0.3 is 0 Å². The average Bonchev–Trinajstić information content (AvgIpc) is 2.92. The second-order valence-corrected chi connectivity index (χ2v) is 6.65. The summed E-state index contributed by atoms with van der Waals surface area (Å²) in [4.78, 5) is 22.3. The second-order valence-electron chi connectivity index (χ2n) is 5.78. The molecule has 0 amide bonds. The number of thiazole rings is 1. The first kappa shape index (κ1) is 13.4. The van der Waals surface area contributed by atoms with E-state index in [9.17, 15) is 4.79 Å². The fourth-order valence-corrected chi connectivity index (χ4v) is 3.89. The maximum absolute atomic E-state index is 12.0. The van der Waals surface area contributed by atoms with Crippen LogP contribution >= 0.6 is 11.3 Å². The highest BCUT2D eigenvalue weighted by Crippen LogP contribution is 2.18. The number of rotatable bonds is 3. The van der Waals surface area contributed by atoms with Crippen molar-refractivity contribution in [2.45, 2.75) is 12.6 Å². The number of nitrogens with zero attached hydrogens (tertiary/aromatic N) is 4. The van der Waals surface area contributed by atoms with Gasteiger partial charge in [0.1, 0.15) is 0 Å². The Morgan fingerprint density at radius 3 is 2.95 bits per heavy atom. The van der Waals surface area contributed by atoms with E-state index in [0.29, 0.717) is 6.04 Å². The van der Waals surface area contributed by atoms with Crippen LogP contribution in [0.3, 0.4) is 0 Å². The third-order valence-electron chi connectivity index (χ3n) is 4.35. The highest BCUT2D eigenvalue weighted by molar-refractivity contribution is 7.15. The lowest BCUT2D eigenvalue weighted by atomic mass is 10.1. The molecule has 0 unspecified atom stereocenters. The van der Waals surface area contributed by atoms with Crippen molar-refractivity contribution in [1.29, 1.82) is 0 Å². The van der Waals surface area contributed by atoms with Crippen LogP contribution in [0.25, 0.3) is 4.96 Å². The van der Waals surface area contributed by atoms with Crippen molar-refractivity contribution in [3.05, 3.63) is 33.7 Å². The van der Waals surface area contributed by atoms with Gasteiger partial charge in [-0.1, -0.05) is 0 Å². The third kappa shape index (κ3) is 2.62. The number of nitrogens with one attached hydrogen (secondary N) is 1. The molecule has 0 radical (unpaired) electrons. The first-order valence-corrected chi connectivity index (χ1v) is 8.30. The molecule has 2 aromatic heterocycles. The van der Waals surface area contributed by atoms with Gasteiger partial charge in [-0.3, -0.25) is 19.0 Å². The van der Waals surface area contributed by atoms with E-state index < -0.39 is 0 Å². The SMILES string of the molecule is O=c1cc(CN2CC(N3CCNCC3)C2)nc2sccn12. The van der Waals surface area contributed by atoms with E-state index in [2.05, 4.69) is 20.1 Å². The molecular formula is C14H19N5OS. The summed E-state index contributed by atoms with van der Waals surface area (Å²) in [6, 6.07) is 2.34. The Labute approximate surface area is 127 Å². The molecule has 4 rings (SSSR count). The second kappa shape index (κ2) is 5.49. The standard InChI is InChI=1S/C14H19N5OS/c20-13-7-11(16-14-19(13)5-6-21-14)8-17-9-12(10-17)18-3-1-15-2-4-18/h5-7,12,15H,1-4,8-10H2. The van der Waals surface area contributed by atoms with Gasteiger partial charge in [0.2, 0.25) is 0 Å². The zero-order valence-electron chi connectivity index (χ0n) is 11.9. The molecule has 0 aromatic carbocycles. The van der Waals surface area contributed by atoms with E-state index in [0.717, 1.165) is 56.5 Å². The molecule has 0 spiro atoms. The van der Waals surface area contributed by atoms with Gasteiger partial charge in [0.25, 0.3) is 5.56 Å². The average molecular weight is 305 g/mol. The number of fused-ring (bicyclic) bond motifs is 1. The molecule has 0 aliphatic carbocycles. The zero-order valence-corrected chi connectivity index (χ0v) is 12.7. The molecule has 0 atom stereocenters. The molecule has 0 bridgehead atoms. The molecule has 1 N–H and O–H groups in total. The summed E-state index contributed by atoms with van der Waals surface area (Å²) in [6.07, 6.45) is 1.78. The zero-order chi connectivity index (χ0) is 14.2. The molecule has 112 valence electrons. The Morgan fingerprint density at radius 2 is 2.14 bits per heavy atom. The van der Waals surface area contributed by atoms with Crippen LogP contribution in [0.15, 0.2) is 22.4 Å². The smallest absolute Gasteiger partial charge is 0.258 e. The number of hydrogen-bond acceptors (Lipinski definition) is 6. The first-order valence-electron chi connectivity index (χ1n) is 7.42. The molecule has 2 aliphatic rings. The Kier molecular flexibility index (Phi) is 3.50. The fraction of sp³-hybridized carbons (Fsp3) is 0.571. The predicted molar refractivity (Wildman–Crippen MR) is 82.8 cm³/mol. The number of hydrogen-bond donors (Lipinski definition) is 1. The van der Waals surface area contributed by atoms with E-state index in [4.69, 9.17) is 0 Å². The maximum atomic E-state index is 12.0. The van der Waals surface area contributed by atoms with E-state index >= 15 is 0 Å². The molecule has 2 saturated heterocycles. The highest BCUT2D eigenvalue weighted by atomic mass is 32.1. The van der Waals surface area contributed by atoms with Crippen molar-refractivity contribution in [3.63, 3.8) is 0 Å². The van der Waals surface area contributed by atoms with Crippen LogP contribution in [0.2, 0.25) is 0 Å². The van der Waals surface area contributed by atoms with Gasteiger partial charge in [0, 0.05) is 69.5 Å². The van der Waals surface area contributed by atoms with Gasteiger partial charge < -0.3 is 5.32 Å². The van der Waals surface area contributed by atoms with Crippen LogP contribution in [0.1, 0.15) is 5.69 Å². The third-order valence-corrected chi connectivity index (χ3v) is 5.10. The lowest BCUT2D eigenvalue weighted by molar-refractivity contribution is 0.0216. The van der Waals surface area contributed by atoms with Crippen LogP contribution in [0, 0.1) is 0 Å². The summed E-state index contributed by atoms with van der Waals surface area (Å²) in [7, 11) is 0. The molecule has 4 heterocycles. The molecular weight excluding hydrogens is 286 g/mol. The van der Waals surface area contributed by atoms with Crippen LogP contribution in [0.5, 0.6) is 0 Å². The minimum absolute atomic E-state index is 0.0235. The quantitative estimate of drug-likeness (QED) is 0.854. The van der Waals surface area contributed by atoms with Crippen molar-refractivity contribution in [2.75, 3.05) is 39.3 Å². The first-order chi connectivity index (χ1) is 10.3. The van der Waals surface area contributed by atoms with Crippen molar-refractivity contribution >= 4 is 16.3 Å². The summed E-state index contributed by atoms with van der Waals surface area (Å²) in [5.74, 6) is 0. The number of aromatic nitrogens is 2. The van der Waals surface area contributed by atoms with Crippen LogP contribution in [0.4, 0.5) is 0 Å². The minimum Gasteiger partial charge on any atom is -0.314 e. The van der Waals surface area contributed by atoms with Gasteiger partial charge in [0.05, 0.1) is 5.69 Å². The Morgan fingerprint density at radius 1 is 1.33 bits per heavy atom. The monoisotopic (exact) mass is 305 g/mol. The van der Waals surface area contributed by atoms with Crippen LogP contribution in [-0.4, -0.2) is 64.5 Å². The van der Waals surface area contributed by atoms with Gasteiger partial charge in [0.15, 0.2) is 4.96 Å². The van der Waals surface area contributed by atoms with Crippen LogP contribution < -0.4 is 10.9 Å². The van der Waals surface area contributed by atoms with E-state index in [1.807, 2.05) is 5.38 Å². The lowest BCUT2D eigenvalue weighted by Gasteiger charge is -2.46. The van der Waals surface area contributed by atoms with Crippen molar-refractivity contribution in [3.8, 4) is 0 Å². The molecule has 2 aromatic rings. The Balaban J connectivity index is 1.39. The molecule has 21 heavy (non-hydrogen) atoms. The van der Waals surface area contributed by atoms with Gasteiger partial charge in [-0.15, -0.1) is 11.3 Å². The fourth-order valence-electron chi connectivity index (χ4n) is 3.15. The molecule has 7 heteroatoms. The predicted octanol–water partition coefficient (Wildman–Crippen LogP) is -0.155. The van der Waals surface area contributed by atoms with Gasteiger partial charge in [-0.05, 0) is 0 Å². The largest absolute Gasteiger partial charge is 0.314 e. The maximum Gasteiger partial charge on any atom is 0.258 e. The van der Waals surface area contributed by atoms with Crippen molar-refractivity contribution < 1.29 is 0 Å². The van der Waals surface area contributed by atoms with Gasteiger partial charge in [-0.25, -0.2) is 4.98 Å². The Bertz CT molecular complexity index is 684. The molecule has 6 nitrogen and oxygen atoms in total. The van der Waals surface area contributed by atoms with E-state index in [1.54, 1.807) is 16.7 Å². The lowest BCUT2D eigenvalue weighted by Crippen LogP contribution is -2.62. The normalized spacial score (nSPS) is 21.7.